The molecule has 12 heteroatoms. The SMILES string of the molecule is CCn1c(SCCS(=O)(=O)c2ccccc2)nnc1[C@@H](C)NS(=O)(=O)c1ccc(Cl)cc1. The van der Waals surface area contributed by atoms with Crippen LogP contribution in [-0.4, -0.2) is 43.1 Å². The largest absolute Gasteiger partial charge is 0.305 e. The van der Waals surface area contributed by atoms with Crippen molar-refractivity contribution in [2.75, 3.05) is 11.5 Å². The quantitative estimate of drug-likeness (QED) is 0.412. The first-order valence-corrected chi connectivity index (χ1v) is 14.3. The molecule has 0 aliphatic carbocycles. The Balaban J connectivity index is 1.69. The predicted molar refractivity (Wildman–Crippen MR) is 125 cm³/mol. The van der Waals surface area contributed by atoms with E-state index in [9.17, 15) is 16.8 Å². The maximum Gasteiger partial charge on any atom is 0.241 e. The zero-order valence-electron chi connectivity index (χ0n) is 17.5. The van der Waals surface area contributed by atoms with Crippen LogP contribution in [0.2, 0.25) is 5.02 Å². The summed E-state index contributed by atoms with van der Waals surface area (Å²) in [7, 11) is -7.18. The van der Waals surface area contributed by atoms with Gasteiger partial charge in [-0.15, -0.1) is 10.2 Å². The van der Waals surface area contributed by atoms with Gasteiger partial charge in [0.25, 0.3) is 0 Å². The van der Waals surface area contributed by atoms with Crippen LogP contribution in [0.3, 0.4) is 0 Å². The van der Waals surface area contributed by atoms with E-state index in [4.69, 9.17) is 11.6 Å². The average Bonchev–Trinajstić information content (AvgIpc) is 3.17. The molecule has 8 nitrogen and oxygen atoms in total. The lowest BCUT2D eigenvalue weighted by molar-refractivity contribution is 0.539. The van der Waals surface area contributed by atoms with Crippen LogP contribution in [0.1, 0.15) is 25.7 Å². The zero-order chi connectivity index (χ0) is 23.4. The van der Waals surface area contributed by atoms with Gasteiger partial charge in [0.15, 0.2) is 20.8 Å². The van der Waals surface area contributed by atoms with Crippen molar-refractivity contribution in [3.63, 3.8) is 0 Å². The van der Waals surface area contributed by atoms with Gasteiger partial charge in [-0.2, -0.15) is 0 Å². The van der Waals surface area contributed by atoms with E-state index in [0.717, 1.165) is 0 Å². The summed E-state index contributed by atoms with van der Waals surface area (Å²) >= 11 is 7.10. The van der Waals surface area contributed by atoms with Crippen LogP contribution in [0, 0.1) is 0 Å². The van der Waals surface area contributed by atoms with Crippen molar-refractivity contribution in [2.45, 2.75) is 41.4 Å². The lowest BCUT2D eigenvalue weighted by Crippen LogP contribution is -2.29. The third kappa shape index (κ3) is 5.90. The summed E-state index contributed by atoms with van der Waals surface area (Å²) in [4.78, 5) is 0.375. The highest BCUT2D eigenvalue weighted by Gasteiger charge is 2.24. The molecule has 3 aromatic rings. The molecule has 1 aromatic heterocycles. The van der Waals surface area contributed by atoms with Crippen molar-refractivity contribution in [1.29, 1.82) is 0 Å². The number of benzene rings is 2. The van der Waals surface area contributed by atoms with E-state index in [1.165, 1.54) is 36.0 Å². The Morgan fingerprint density at radius 3 is 2.28 bits per heavy atom. The van der Waals surface area contributed by atoms with Crippen LogP contribution in [0.4, 0.5) is 0 Å². The van der Waals surface area contributed by atoms with E-state index in [1.54, 1.807) is 41.8 Å². The first kappa shape index (κ1) is 24.7. The molecular formula is C20H23ClN4O4S3. The molecule has 0 fully saturated rings. The third-order valence-corrected chi connectivity index (χ3v) is 9.36. The lowest BCUT2D eigenvalue weighted by atomic mass is 10.3. The Labute approximate surface area is 197 Å². The summed E-state index contributed by atoms with van der Waals surface area (Å²) in [5, 5.41) is 9.26. The minimum Gasteiger partial charge on any atom is -0.305 e. The van der Waals surface area contributed by atoms with E-state index in [1.807, 2.05) is 6.92 Å². The Bertz CT molecular complexity index is 1260. The molecule has 0 bridgehead atoms. The maximum atomic E-state index is 12.7. The predicted octanol–water partition coefficient (Wildman–Crippen LogP) is 3.56. The lowest BCUT2D eigenvalue weighted by Gasteiger charge is -2.15. The van der Waals surface area contributed by atoms with Crippen LogP contribution in [-0.2, 0) is 26.4 Å². The fourth-order valence-corrected chi connectivity index (χ4v) is 6.99. The summed E-state index contributed by atoms with van der Waals surface area (Å²) < 4.78 is 54.6. The molecular weight excluding hydrogens is 492 g/mol. The molecule has 172 valence electrons. The van der Waals surface area contributed by atoms with Gasteiger partial charge in [-0.05, 0) is 50.2 Å². The Morgan fingerprint density at radius 2 is 1.66 bits per heavy atom. The summed E-state index contributed by atoms with van der Waals surface area (Å²) in [6.07, 6.45) is 0. The number of rotatable bonds is 10. The van der Waals surface area contributed by atoms with E-state index in [-0.39, 0.29) is 15.5 Å². The Hall–Kier alpha value is -1.92. The van der Waals surface area contributed by atoms with E-state index in [2.05, 4.69) is 14.9 Å². The first-order valence-electron chi connectivity index (χ1n) is 9.75. The van der Waals surface area contributed by atoms with Crippen molar-refractivity contribution in [1.82, 2.24) is 19.5 Å². The number of halogens is 1. The zero-order valence-corrected chi connectivity index (χ0v) is 20.7. The number of nitrogens with one attached hydrogen (secondary N) is 1. The molecule has 0 radical (unpaired) electrons. The summed E-state index contributed by atoms with van der Waals surface area (Å²) in [6.45, 7) is 4.07. The molecule has 0 aliphatic rings. The fraction of sp³-hybridized carbons (Fsp3) is 0.300. The first-order chi connectivity index (χ1) is 15.1. The average molecular weight is 515 g/mol. The van der Waals surface area contributed by atoms with Crippen molar-refractivity contribution >= 4 is 43.2 Å². The molecule has 3 rings (SSSR count). The molecule has 1 atom stereocenters. The molecule has 32 heavy (non-hydrogen) atoms. The van der Waals surface area contributed by atoms with Crippen molar-refractivity contribution in [3.8, 4) is 0 Å². The highest BCUT2D eigenvalue weighted by molar-refractivity contribution is 8.00. The smallest absolute Gasteiger partial charge is 0.241 e. The van der Waals surface area contributed by atoms with Gasteiger partial charge in [0.2, 0.25) is 10.0 Å². The van der Waals surface area contributed by atoms with Crippen LogP contribution < -0.4 is 4.72 Å². The van der Waals surface area contributed by atoms with Crippen LogP contribution in [0.25, 0.3) is 0 Å². The molecule has 0 aliphatic heterocycles. The Morgan fingerprint density at radius 1 is 1.00 bits per heavy atom. The van der Waals surface area contributed by atoms with Gasteiger partial charge in [0.1, 0.15) is 0 Å². The van der Waals surface area contributed by atoms with E-state index < -0.39 is 25.9 Å². The van der Waals surface area contributed by atoms with Crippen molar-refractivity contribution in [2.24, 2.45) is 0 Å². The minimum atomic E-state index is -3.78. The highest BCUT2D eigenvalue weighted by Crippen LogP contribution is 2.23. The molecule has 2 aromatic carbocycles. The summed E-state index contributed by atoms with van der Waals surface area (Å²) in [5.74, 6) is 0.686. The van der Waals surface area contributed by atoms with Gasteiger partial charge >= 0.3 is 0 Å². The monoisotopic (exact) mass is 514 g/mol. The highest BCUT2D eigenvalue weighted by atomic mass is 35.5. The molecule has 0 saturated carbocycles. The molecule has 0 saturated heterocycles. The van der Waals surface area contributed by atoms with Crippen LogP contribution in [0.15, 0.2) is 69.5 Å². The van der Waals surface area contributed by atoms with E-state index >= 15 is 0 Å². The van der Waals surface area contributed by atoms with Gasteiger partial charge in [-0.1, -0.05) is 41.6 Å². The second-order valence-electron chi connectivity index (χ2n) is 6.86. The molecule has 0 spiro atoms. The fourth-order valence-electron chi connectivity index (χ4n) is 2.98. The minimum absolute atomic E-state index is 0.0493. The van der Waals surface area contributed by atoms with E-state index in [0.29, 0.717) is 28.3 Å². The van der Waals surface area contributed by atoms with Crippen LogP contribution in [0.5, 0.6) is 0 Å². The molecule has 0 amide bonds. The third-order valence-electron chi connectivity index (χ3n) is 4.59. The molecule has 0 unspecified atom stereocenters. The van der Waals surface area contributed by atoms with Gasteiger partial charge in [-0.25, -0.2) is 21.6 Å². The van der Waals surface area contributed by atoms with Gasteiger partial charge in [0.05, 0.1) is 21.6 Å². The number of nitrogens with zero attached hydrogens (tertiary/aromatic N) is 3. The number of hydrogen-bond donors (Lipinski definition) is 1. The number of sulfone groups is 1. The van der Waals surface area contributed by atoms with Crippen LogP contribution >= 0.6 is 23.4 Å². The maximum absolute atomic E-state index is 12.7. The number of sulfonamides is 1. The summed E-state index contributed by atoms with van der Waals surface area (Å²) in [5.41, 5.74) is 0. The summed E-state index contributed by atoms with van der Waals surface area (Å²) in [6, 6.07) is 13.5. The Kier molecular flexibility index (Phi) is 7.99. The number of hydrogen-bond acceptors (Lipinski definition) is 7. The second-order valence-corrected chi connectivity index (χ2v) is 12.2. The number of thioether (sulfide) groups is 1. The normalized spacial score (nSPS) is 13.2. The van der Waals surface area contributed by atoms with Crippen molar-refractivity contribution < 1.29 is 16.8 Å². The van der Waals surface area contributed by atoms with Gasteiger partial charge in [0, 0.05) is 17.3 Å². The molecule has 1 heterocycles. The van der Waals surface area contributed by atoms with Gasteiger partial charge in [-0.3, -0.25) is 0 Å². The van der Waals surface area contributed by atoms with Gasteiger partial charge < -0.3 is 4.57 Å². The number of aromatic nitrogens is 3. The molecule has 1 N–H and O–H groups in total. The second kappa shape index (κ2) is 10.3. The topological polar surface area (TPSA) is 111 Å². The standard InChI is InChI=1S/C20H23ClN4O4S3/c1-3-25-19(15(2)24-32(28,29)18-11-9-16(21)10-12-18)22-23-20(25)30-13-14-31(26,27)17-7-5-4-6-8-17/h4-12,15,24H,3,13-14H2,1-2H3/t15-/m1/s1. The van der Waals surface area contributed by atoms with Crippen molar-refractivity contribution in [3.05, 3.63) is 65.4 Å².